The molecule has 3 aromatic heterocycles. The van der Waals surface area contributed by atoms with E-state index < -0.39 is 0 Å². The van der Waals surface area contributed by atoms with Crippen molar-refractivity contribution >= 4 is 11.5 Å². The lowest BCUT2D eigenvalue weighted by Crippen LogP contribution is -2.26. The van der Waals surface area contributed by atoms with Crippen LogP contribution in [-0.2, 0) is 13.0 Å². The van der Waals surface area contributed by atoms with E-state index in [4.69, 9.17) is 4.98 Å². The Hall–Kier alpha value is -2.88. The zero-order valence-corrected chi connectivity index (χ0v) is 14.7. The molecule has 0 aromatic carbocycles. The standard InChI is InChI=1S/C19H21N7/c20-13-15-18(21-16-8-3-5-10-24(15)16)25-12-6-7-14(25)19-23-22-17-9-2-1-4-11-26(17)19/h3,5,8,10,14H,1-2,4,6-7,9,11-12H2. The van der Waals surface area contributed by atoms with Crippen LogP contribution in [0.15, 0.2) is 24.4 Å². The largest absolute Gasteiger partial charge is 0.344 e. The second kappa shape index (κ2) is 6.13. The highest BCUT2D eigenvalue weighted by Gasteiger charge is 2.34. The fourth-order valence-electron chi connectivity index (χ4n) is 4.33. The van der Waals surface area contributed by atoms with Gasteiger partial charge in [-0.3, -0.25) is 4.40 Å². The minimum Gasteiger partial charge on any atom is -0.344 e. The molecular weight excluding hydrogens is 326 g/mol. The molecule has 0 saturated carbocycles. The van der Waals surface area contributed by atoms with Gasteiger partial charge < -0.3 is 9.47 Å². The Balaban J connectivity index is 1.59. The summed E-state index contributed by atoms with van der Waals surface area (Å²) in [5.74, 6) is 2.92. The quantitative estimate of drug-likeness (QED) is 0.712. The van der Waals surface area contributed by atoms with E-state index in [0.29, 0.717) is 5.69 Å². The number of aromatic nitrogens is 5. The van der Waals surface area contributed by atoms with Crippen molar-refractivity contribution in [2.24, 2.45) is 0 Å². The van der Waals surface area contributed by atoms with Crippen LogP contribution in [0.25, 0.3) is 5.65 Å². The number of nitrogens with zero attached hydrogens (tertiary/aromatic N) is 7. The molecule has 1 saturated heterocycles. The second-order valence-electron chi connectivity index (χ2n) is 7.11. The number of pyridine rings is 1. The van der Waals surface area contributed by atoms with Gasteiger partial charge in [0, 0.05) is 25.7 Å². The maximum atomic E-state index is 9.74. The molecular formula is C19H21N7. The summed E-state index contributed by atoms with van der Waals surface area (Å²) in [6.07, 6.45) is 8.64. The molecule has 5 rings (SSSR count). The Morgan fingerprint density at radius 1 is 1.08 bits per heavy atom. The van der Waals surface area contributed by atoms with E-state index in [9.17, 15) is 5.26 Å². The molecule has 3 aromatic rings. The first kappa shape index (κ1) is 15.4. The van der Waals surface area contributed by atoms with E-state index in [-0.39, 0.29) is 6.04 Å². The zero-order valence-electron chi connectivity index (χ0n) is 14.7. The molecule has 132 valence electrons. The molecule has 26 heavy (non-hydrogen) atoms. The maximum absolute atomic E-state index is 9.74. The number of anilines is 1. The first-order chi connectivity index (χ1) is 12.9. The highest BCUT2D eigenvalue weighted by atomic mass is 15.3. The first-order valence-electron chi connectivity index (χ1n) is 9.42. The van der Waals surface area contributed by atoms with E-state index >= 15 is 0 Å². The maximum Gasteiger partial charge on any atom is 0.169 e. The fourth-order valence-corrected chi connectivity index (χ4v) is 4.33. The van der Waals surface area contributed by atoms with E-state index in [1.165, 1.54) is 19.3 Å². The van der Waals surface area contributed by atoms with Crippen molar-refractivity contribution in [2.45, 2.75) is 51.1 Å². The Morgan fingerprint density at radius 2 is 2.04 bits per heavy atom. The lowest BCUT2D eigenvalue weighted by atomic mass is 10.2. The monoisotopic (exact) mass is 347 g/mol. The molecule has 0 spiro atoms. The average molecular weight is 347 g/mol. The van der Waals surface area contributed by atoms with E-state index in [1.807, 2.05) is 28.8 Å². The van der Waals surface area contributed by atoms with Crippen molar-refractivity contribution in [3.63, 3.8) is 0 Å². The molecule has 1 atom stereocenters. The summed E-state index contributed by atoms with van der Waals surface area (Å²) in [4.78, 5) is 7.02. The van der Waals surface area contributed by atoms with Gasteiger partial charge in [0.2, 0.25) is 0 Å². The summed E-state index contributed by atoms with van der Waals surface area (Å²) in [5.41, 5.74) is 1.41. The van der Waals surface area contributed by atoms with Gasteiger partial charge in [-0.2, -0.15) is 5.26 Å². The van der Waals surface area contributed by atoms with Crippen LogP contribution in [0.5, 0.6) is 0 Å². The van der Waals surface area contributed by atoms with Gasteiger partial charge in [0.25, 0.3) is 0 Å². The van der Waals surface area contributed by atoms with Gasteiger partial charge in [-0.15, -0.1) is 10.2 Å². The molecule has 7 nitrogen and oxygen atoms in total. The summed E-state index contributed by atoms with van der Waals surface area (Å²) in [6.45, 7) is 1.89. The van der Waals surface area contributed by atoms with Crippen molar-refractivity contribution in [1.82, 2.24) is 24.1 Å². The average Bonchev–Trinajstić information content (AvgIpc) is 3.33. The van der Waals surface area contributed by atoms with Crippen molar-refractivity contribution in [2.75, 3.05) is 11.4 Å². The Labute approximate surface area is 151 Å². The van der Waals surface area contributed by atoms with Gasteiger partial charge >= 0.3 is 0 Å². The number of rotatable bonds is 2. The Morgan fingerprint density at radius 3 is 2.96 bits per heavy atom. The van der Waals surface area contributed by atoms with Crippen molar-refractivity contribution in [1.29, 1.82) is 5.26 Å². The van der Waals surface area contributed by atoms with Gasteiger partial charge in [-0.05, 0) is 37.8 Å². The smallest absolute Gasteiger partial charge is 0.169 e. The third kappa shape index (κ3) is 2.29. The van der Waals surface area contributed by atoms with Crippen LogP contribution >= 0.6 is 0 Å². The molecule has 0 amide bonds. The lowest BCUT2D eigenvalue weighted by molar-refractivity contribution is 0.558. The molecule has 5 heterocycles. The summed E-state index contributed by atoms with van der Waals surface area (Å²) < 4.78 is 4.19. The third-order valence-electron chi connectivity index (χ3n) is 5.58. The molecule has 2 aliphatic rings. The predicted molar refractivity (Wildman–Crippen MR) is 96.8 cm³/mol. The van der Waals surface area contributed by atoms with Gasteiger partial charge in [0.1, 0.15) is 17.5 Å². The summed E-state index contributed by atoms with van der Waals surface area (Å²) in [7, 11) is 0. The normalized spacial score (nSPS) is 20.1. The van der Waals surface area contributed by atoms with E-state index in [2.05, 4.69) is 25.7 Å². The van der Waals surface area contributed by atoms with E-state index in [1.54, 1.807) is 0 Å². The van der Waals surface area contributed by atoms with Crippen molar-refractivity contribution < 1.29 is 0 Å². The highest BCUT2D eigenvalue weighted by Crippen LogP contribution is 2.37. The number of aryl methyl sites for hydroxylation is 1. The van der Waals surface area contributed by atoms with Crippen molar-refractivity contribution in [3.05, 3.63) is 41.7 Å². The van der Waals surface area contributed by atoms with Crippen molar-refractivity contribution in [3.8, 4) is 6.07 Å². The number of nitriles is 1. The van der Waals surface area contributed by atoms with Gasteiger partial charge in [-0.1, -0.05) is 12.5 Å². The lowest BCUT2D eigenvalue weighted by Gasteiger charge is -2.24. The molecule has 0 radical (unpaired) electrons. The van der Waals surface area contributed by atoms with Crippen LogP contribution in [0, 0.1) is 11.3 Å². The Kier molecular flexibility index (Phi) is 3.63. The number of imidazole rings is 1. The summed E-state index contributed by atoms with van der Waals surface area (Å²) in [6, 6.07) is 8.32. The van der Waals surface area contributed by atoms with Gasteiger partial charge in [-0.25, -0.2) is 4.98 Å². The predicted octanol–water partition coefficient (Wildman–Crippen LogP) is 2.87. The molecule has 0 N–H and O–H groups in total. The minimum absolute atomic E-state index is 0.145. The van der Waals surface area contributed by atoms with Crippen LogP contribution in [-0.4, -0.2) is 30.7 Å². The molecule has 0 aliphatic carbocycles. The summed E-state index contributed by atoms with van der Waals surface area (Å²) in [5, 5.41) is 18.8. The van der Waals surface area contributed by atoms with Crippen LogP contribution in [0.2, 0.25) is 0 Å². The summed E-state index contributed by atoms with van der Waals surface area (Å²) >= 11 is 0. The topological polar surface area (TPSA) is 75.0 Å². The molecule has 0 bridgehead atoms. The number of fused-ring (bicyclic) bond motifs is 2. The van der Waals surface area contributed by atoms with Crippen LogP contribution in [0.1, 0.15) is 55.5 Å². The van der Waals surface area contributed by atoms with E-state index in [0.717, 1.165) is 55.5 Å². The molecule has 1 fully saturated rings. The Bertz CT molecular complexity index is 993. The number of hydrogen-bond donors (Lipinski definition) is 0. The minimum atomic E-state index is 0.145. The first-order valence-corrected chi connectivity index (χ1v) is 9.42. The van der Waals surface area contributed by atoms with Crippen LogP contribution in [0.3, 0.4) is 0 Å². The molecule has 2 aliphatic heterocycles. The fraction of sp³-hybridized carbons (Fsp3) is 0.474. The molecule has 1 unspecified atom stereocenters. The SMILES string of the molecule is N#Cc1c(N2CCCC2c2nnc3n2CCCCC3)nc2ccccn12. The zero-order chi connectivity index (χ0) is 17.5. The second-order valence-corrected chi connectivity index (χ2v) is 7.11. The van der Waals surface area contributed by atoms with Crippen LogP contribution < -0.4 is 4.90 Å². The van der Waals surface area contributed by atoms with Gasteiger partial charge in [0.15, 0.2) is 17.3 Å². The molecule has 7 heteroatoms. The number of hydrogen-bond acceptors (Lipinski definition) is 5. The van der Waals surface area contributed by atoms with Crippen LogP contribution in [0.4, 0.5) is 5.82 Å². The third-order valence-corrected chi connectivity index (χ3v) is 5.58. The highest BCUT2D eigenvalue weighted by molar-refractivity contribution is 5.61. The van der Waals surface area contributed by atoms with Gasteiger partial charge in [0.05, 0.1) is 6.04 Å².